The quantitative estimate of drug-likeness (QED) is 0.708. The number of hydrogen-bond donors (Lipinski definition) is 2. The number of nitrogens with one attached hydrogen (secondary N) is 1. The van der Waals surface area contributed by atoms with Gasteiger partial charge in [-0.3, -0.25) is 9.59 Å². The number of aliphatic carboxylic acids is 1. The van der Waals surface area contributed by atoms with Crippen molar-refractivity contribution in [2.75, 3.05) is 13.7 Å². The Balaban J connectivity index is 4.39. The van der Waals surface area contributed by atoms with Gasteiger partial charge in [-0.1, -0.05) is 13.8 Å². The highest BCUT2D eigenvalue weighted by molar-refractivity contribution is 5.84. The van der Waals surface area contributed by atoms with Gasteiger partial charge < -0.3 is 15.2 Å². The first kappa shape index (κ1) is 15.9. The van der Waals surface area contributed by atoms with E-state index >= 15 is 0 Å². The summed E-state index contributed by atoms with van der Waals surface area (Å²) in [5.74, 6) is -1.31. The van der Waals surface area contributed by atoms with E-state index in [1.54, 1.807) is 27.9 Å². The minimum Gasteiger partial charge on any atom is -0.481 e. The molecule has 0 aromatic carbocycles. The van der Waals surface area contributed by atoms with Crippen molar-refractivity contribution >= 4 is 11.9 Å². The molecule has 0 aromatic rings. The van der Waals surface area contributed by atoms with Crippen LogP contribution < -0.4 is 5.32 Å². The fourth-order valence-corrected chi connectivity index (χ4v) is 1.26. The van der Waals surface area contributed by atoms with E-state index in [1.165, 1.54) is 0 Å². The van der Waals surface area contributed by atoms with Gasteiger partial charge in [0.25, 0.3) is 0 Å². The zero-order valence-electron chi connectivity index (χ0n) is 11.2. The molecule has 2 N–H and O–H groups in total. The average Bonchev–Trinajstić information content (AvgIpc) is 2.25. The van der Waals surface area contributed by atoms with Crippen molar-refractivity contribution < 1.29 is 19.4 Å². The van der Waals surface area contributed by atoms with Crippen LogP contribution in [0, 0.1) is 11.3 Å². The summed E-state index contributed by atoms with van der Waals surface area (Å²) in [6.07, 6.45) is -0.0923. The number of rotatable bonds is 7. The molecule has 17 heavy (non-hydrogen) atoms. The third-order valence-electron chi connectivity index (χ3n) is 3.28. The number of hydrogen-bond acceptors (Lipinski definition) is 3. The molecule has 0 aromatic heterocycles. The predicted molar refractivity (Wildman–Crippen MR) is 64.7 cm³/mol. The van der Waals surface area contributed by atoms with Crippen LogP contribution in [0.5, 0.6) is 0 Å². The van der Waals surface area contributed by atoms with E-state index in [1.807, 2.05) is 6.92 Å². The van der Waals surface area contributed by atoms with Gasteiger partial charge in [-0.25, -0.2) is 0 Å². The van der Waals surface area contributed by atoms with E-state index in [-0.39, 0.29) is 24.3 Å². The van der Waals surface area contributed by atoms with Crippen molar-refractivity contribution in [3.8, 4) is 0 Å². The van der Waals surface area contributed by atoms with Crippen LogP contribution in [0.25, 0.3) is 0 Å². The van der Waals surface area contributed by atoms with E-state index < -0.39 is 11.4 Å². The number of methoxy groups -OCH3 is 1. The third kappa shape index (κ3) is 4.73. The summed E-state index contributed by atoms with van der Waals surface area (Å²) in [5.41, 5.74) is -1.03. The molecular weight excluding hydrogens is 222 g/mol. The smallest absolute Gasteiger partial charge is 0.310 e. The van der Waals surface area contributed by atoms with Crippen molar-refractivity contribution in [1.29, 1.82) is 0 Å². The molecule has 0 aliphatic heterocycles. The lowest BCUT2D eigenvalue weighted by Crippen LogP contribution is -2.40. The second kappa shape index (κ2) is 6.59. The fourth-order valence-electron chi connectivity index (χ4n) is 1.26. The molecule has 0 saturated carbocycles. The van der Waals surface area contributed by atoms with Crippen molar-refractivity contribution in [2.24, 2.45) is 11.3 Å². The van der Waals surface area contributed by atoms with E-state index in [0.717, 1.165) is 0 Å². The molecule has 5 heteroatoms. The number of carbonyl (C=O) groups excluding carboxylic acids is 1. The van der Waals surface area contributed by atoms with E-state index in [4.69, 9.17) is 4.74 Å². The fraction of sp³-hybridized carbons (Fsp3) is 0.833. The zero-order valence-corrected chi connectivity index (χ0v) is 11.2. The molecule has 0 heterocycles. The number of carbonyl (C=O) groups is 2. The van der Waals surface area contributed by atoms with Crippen LogP contribution in [0.3, 0.4) is 0 Å². The maximum atomic E-state index is 11.7. The standard InChI is InChI=1S/C12H23NO4/c1-8(2)12(4,11(15)16)6-10(14)13-7-9(3)17-5/h8-9H,6-7H2,1-5H3,(H,13,14)(H,15,16). The summed E-state index contributed by atoms with van der Waals surface area (Å²) < 4.78 is 4.99. The molecule has 100 valence electrons. The molecule has 0 aliphatic rings. The lowest BCUT2D eigenvalue weighted by atomic mass is 9.76. The van der Waals surface area contributed by atoms with Crippen molar-refractivity contribution in [1.82, 2.24) is 5.32 Å². The molecular formula is C12H23NO4. The zero-order chi connectivity index (χ0) is 13.6. The van der Waals surface area contributed by atoms with Crippen LogP contribution >= 0.6 is 0 Å². The minimum atomic E-state index is -1.03. The van der Waals surface area contributed by atoms with Gasteiger partial charge in [-0.15, -0.1) is 0 Å². The first-order valence-electron chi connectivity index (χ1n) is 5.77. The van der Waals surface area contributed by atoms with Crippen molar-refractivity contribution in [3.05, 3.63) is 0 Å². The molecule has 0 bridgehead atoms. The molecule has 0 spiro atoms. The van der Waals surface area contributed by atoms with Gasteiger partial charge in [0.15, 0.2) is 0 Å². The van der Waals surface area contributed by atoms with Crippen LogP contribution in [0.4, 0.5) is 0 Å². The van der Waals surface area contributed by atoms with Crippen LogP contribution in [-0.4, -0.2) is 36.7 Å². The number of amides is 1. The Bertz CT molecular complexity index is 278. The van der Waals surface area contributed by atoms with Gasteiger partial charge in [0.1, 0.15) is 0 Å². The highest BCUT2D eigenvalue weighted by Crippen LogP contribution is 2.31. The summed E-state index contributed by atoms with van der Waals surface area (Å²) in [6.45, 7) is 7.43. The molecule has 5 nitrogen and oxygen atoms in total. The summed E-state index contributed by atoms with van der Waals surface area (Å²) in [7, 11) is 1.56. The van der Waals surface area contributed by atoms with Crippen LogP contribution in [-0.2, 0) is 14.3 Å². The second-order valence-corrected chi connectivity index (χ2v) is 4.90. The van der Waals surface area contributed by atoms with Crippen LogP contribution in [0.1, 0.15) is 34.1 Å². The molecule has 0 radical (unpaired) electrons. The van der Waals surface area contributed by atoms with Crippen molar-refractivity contribution in [2.45, 2.75) is 40.2 Å². The topological polar surface area (TPSA) is 75.6 Å². The Hall–Kier alpha value is -1.10. The highest BCUT2D eigenvalue weighted by Gasteiger charge is 2.38. The summed E-state index contributed by atoms with van der Waals surface area (Å²) in [5, 5.41) is 11.8. The van der Waals surface area contributed by atoms with Crippen LogP contribution in [0.2, 0.25) is 0 Å². The first-order valence-corrected chi connectivity index (χ1v) is 5.77. The van der Waals surface area contributed by atoms with Crippen LogP contribution in [0.15, 0.2) is 0 Å². The van der Waals surface area contributed by atoms with E-state index in [9.17, 15) is 14.7 Å². The summed E-state index contributed by atoms with van der Waals surface area (Å²) in [6, 6.07) is 0. The normalized spacial score (nSPS) is 16.4. The average molecular weight is 245 g/mol. The summed E-state index contributed by atoms with van der Waals surface area (Å²) in [4.78, 5) is 22.8. The number of ether oxygens (including phenoxy) is 1. The number of carboxylic acid groups (broad SMARTS) is 1. The lowest BCUT2D eigenvalue weighted by Gasteiger charge is -2.28. The van der Waals surface area contributed by atoms with Crippen molar-refractivity contribution in [3.63, 3.8) is 0 Å². The Morgan fingerprint density at radius 2 is 1.88 bits per heavy atom. The molecule has 0 fully saturated rings. The molecule has 0 rings (SSSR count). The largest absolute Gasteiger partial charge is 0.481 e. The SMILES string of the molecule is COC(C)CNC(=O)CC(C)(C(=O)O)C(C)C. The van der Waals surface area contributed by atoms with Gasteiger partial charge in [-0.05, 0) is 19.8 Å². The van der Waals surface area contributed by atoms with Gasteiger partial charge in [0.05, 0.1) is 11.5 Å². The Morgan fingerprint density at radius 1 is 1.35 bits per heavy atom. The molecule has 2 atom stereocenters. The molecule has 1 amide bonds. The minimum absolute atomic E-state index is 0.0174. The summed E-state index contributed by atoms with van der Waals surface area (Å²) >= 11 is 0. The van der Waals surface area contributed by atoms with E-state index in [2.05, 4.69) is 5.32 Å². The predicted octanol–water partition coefficient (Wildman–Crippen LogP) is 1.27. The van der Waals surface area contributed by atoms with E-state index in [0.29, 0.717) is 6.54 Å². The van der Waals surface area contributed by atoms with Gasteiger partial charge in [0.2, 0.25) is 5.91 Å². The maximum Gasteiger partial charge on any atom is 0.310 e. The number of carboxylic acids is 1. The Kier molecular flexibility index (Phi) is 6.16. The second-order valence-electron chi connectivity index (χ2n) is 4.90. The maximum absolute atomic E-state index is 11.7. The Morgan fingerprint density at radius 3 is 2.24 bits per heavy atom. The molecule has 0 saturated heterocycles. The van der Waals surface area contributed by atoms with Gasteiger partial charge in [0, 0.05) is 20.1 Å². The molecule has 2 unspecified atom stereocenters. The Labute approximate surface area is 103 Å². The van der Waals surface area contributed by atoms with Gasteiger partial charge in [-0.2, -0.15) is 0 Å². The lowest BCUT2D eigenvalue weighted by molar-refractivity contribution is -0.153. The first-order chi connectivity index (χ1) is 7.74. The third-order valence-corrected chi connectivity index (χ3v) is 3.28. The molecule has 0 aliphatic carbocycles. The highest BCUT2D eigenvalue weighted by atomic mass is 16.5. The van der Waals surface area contributed by atoms with Gasteiger partial charge >= 0.3 is 5.97 Å². The monoisotopic (exact) mass is 245 g/mol.